The minimum Gasteiger partial charge on any atom is -0.317 e. The monoisotopic (exact) mass is 248 g/mol. The van der Waals surface area contributed by atoms with Crippen molar-refractivity contribution < 1.29 is 4.39 Å². The molecule has 1 aromatic rings. The molecule has 1 spiro atoms. The zero-order valence-corrected chi connectivity index (χ0v) is 11.0. The molecule has 2 heterocycles. The lowest BCUT2D eigenvalue weighted by Crippen LogP contribution is -2.41. The van der Waals surface area contributed by atoms with Crippen LogP contribution in [0.2, 0.25) is 0 Å². The molecule has 2 nitrogen and oxygen atoms in total. The van der Waals surface area contributed by atoms with Crippen molar-refractivity contribution in [2.75, 3.05) is 33.2 Å². The summed E-state index contributed by atoms with van der Waals surface area (Å²) in [5.74, 6) is 0.426. The summed E-state index contributed by atoms with van der Waals surface area (Å²) in [6.07, 6.45) is 2.47. The third-order valence-electron chi connectivity index (χ3n) is 4.69. The van der Waals surface area contributed by atoms with Gasteiger partial charge in [-0.15, -0.1) is 0 Å². The molecule has 0 amide bonds. The van der Waals surface area contributed by atoms with E-state index in [0.717, 1.165) is 19.6 Å². The van der Waals surface area contributed by atoms with Gasteiger partial charge in [0.25, 0.3) is 0 Å². The summed E-state index contributed by atoms with van der Waals surface area (Å²) >= 11 is 0. The molecular weight excluding hydrogens is 227 g/mol. The molecule has 0 aromatic heterocycles. The zero-order valence-electron chi connectivity index (χ0n) is 11.0. The Balaban J connectivity index is 1.90. The lowest BCUT2D eigenvalue weighted by Gasteiger charge is -2.39. The van der Waals surface area contributed by atoms with Gasteiger partial charge in [0.2, 0.25) is 0 Å². The number of nitrogens with zero attached hydrogens (tertiary/aromatic N) is 1. The summed E-state index contributed by atoms with van der Waals surface area (Å²) in [4.78, 5) is 2.43. The Labute approximate surface area is 108 Å². The molecule has 2 saturated heterocycles. The van der Waals surface area contributed by atoms with E-state index in [1.54, 1.807) is 12.1 Å². The first-order valence-corrected chi connectivity index (χ1v) is 6.84. The number of rotatable bonds is 1. The minimum atomic E-state index is -0.135. The molecule has 2 fully saturated rings. The van der Waals surface area contributed by atoms with Gasteiger partial charge >= 0.3 is 0 Å². The molecule has 98 valence electrons. The van der Waals surface area contributed by atoms with Gasteiger partial charge in [-0.25, -0.2) is 4.39 Å². The lowest BCUT2D eigenvalue weighted by atomic mass is 9.69. The Morgan fingerprint density at radius 2 is 1.89 bits per heavy atom. The van der Waals surface area contributed by atoms with Crippen LogP contribution in [0.3, 0.4) is 0 Å². The van der Waals surface area contributed by atoms with Gasteiger partial charge in [0.1, 0.15) is 5.82 Å². The van der Waals surface area contributed by atoms with E-state index in [4.69, 9.17) is 0 Å². The van der Waals surface area contributed by atoms with E-state index in [9.17, 15) is 4.39 Å². The molecule has 2 aliphatic rings. The SMILES string of the molecule is CN1CC(c2ccc(F)cc2)C2(CCNCC2)C1. The van der Waals surface area contributed by atoms with Crippen LogP contribution in [0.4, 0.5) is 4.39 Å². The molecule has 18 heavy (non-hydrogen) atoms. The Kier molecular flexibility index (Phi) is 3.12. The molecular formula is C15H21FN2. The summed E-state index contributed by atoms with van der Waals surface area (Å²) in [6, 6.07) is 7.15. The highest BCUT2D eigenvalue weighted by Crippen LogP contribution is 2.48. The zero-order chi connectivity index (χ0) is 12.6. The molecule has 3 heteroatoms. The number of likely N-dealkylation sites (N-methyl/N-ethyl adjacent to an activating group) is 1. The van der Waals surface area contributed by atoms with Crippen molar-refractivity contribution >= 4 is 0 Å². The van der Waals surface area contributed by atoms with Gasteiger partial charge in [-0.2, -0.15) is 0 Å². The number of piperidine rings is 1. The van der Waals surface area contributed by atoms with Gasteiger partial charge in [-0.1, -0.05) is 12.1 Å². The van der Waals surface area contributed by atoms with Crippen LogP contribution in [0.25, 0.3) is 0 Å². The third-order valence-corrected chi connectivity index (χ3v) is 4.69. The van der Waals surface area contributed by atoms with Gasteiger partial charge in [0.15, 0.2) is 0 Å². The van der Waals surface area contributed by atoms with Crippen LogP contribution >= 0.6 is 0 Å². The fraction of sp³-hybridized carbons (Fsp3) is 0.600. The van der Waals surface area contributed by atoms with E-state index in [0.29, 0.717) is 11.3 Å². The maximum absolute atomic E-state index is 13.1. The number of likely N-dealkylation sites (tertiary alicyclic amines) is 1. The van der Waals surface area contributed by atoms with Crippen molar-refractivity contribution in [2.24, 2.45) is 5.41 Å². The Hall–Kier alpha value is -0.930. The van der Waals surface area contributed by atoms with Crippen molar-refractivity contribution in [3.05, 3.63) is 35.6 Å². The topological polar surface area (TPSA) is 15.3 Å². The van der Waals surface area contributed by atoms with E-state index < -0.39 is 0 Å². The van der Waals surface area contributed by atoms with Crippen molar-refractivity contribution in [3.8, 4) is 0 Å². The highest BCUT2D eigenvalue weighted by Gasteiger charge is 2.46. The number of halogens is 1. The molecule has 0 aliphatic carbocycles. The lowest BCUT2D eigenvalue weighted by molar-refractivity contribution is 0.187. The molecule has 1 unspecified atom stereocenters. The van der Waals surface area contributed by atoms with Crippen LogP contribution in [0.5, 0.6) is 0 Å². The van der Waals surface area contributed by atoms with E-state index >= 15 is 0 Å². The van der Waals surface area contributed by atoms with Crippen molar-refractivity contribution in [1.82, 2.24) is 10.2 Å². The molecule has 1 aromatic carbocycles. The Bertz CT molecular complexity index is 409. The Morgan fingerprint density at radius 3 is 2.56 bits per heavy atom. The first-order valence-electron chi connectivity index (χ1n) is 6.84. The molecule has 0 saturated carbocycles. The van der Waals surface area contributed by atoms with E-state index in [1.807, 2.05) is 12.1 Å². The summed E-state index contributed by atoms with van der Waals surface area (Å²) in [5.41, 5.74) is 1.71. The highest BCUT2D eigenvalue weighted by atomic mass is 19.1. The van der Waals surface area contributed by atoms with Crippen molar-refractivity contribution in [3.63, 3.8) is 0 Å². The smallest absolute Gasteiger partial charge is 0.123 e. The van der Waals surface area contributed by atoms with Gasteiger partial charge in [0.05, 0.1) is 0 Å². The van der Waals surface area contributed by atoms with Crippen LogP contribution in [0.15, 0.2) is 24.3 Å². The third kappa shape index (κ3) is 2.06. The summed E-state index contributed by atoms with van der Waals surface area (Å²) in [6.45, 7) is 4.51. The molecule has 0 bridgehead atoms. The maximum Gasteiger partial charge on any atom is 0.123 e. The fourth-order valence-electron chi connectivity index (χ4n) is 3.80. The quantitative estimate of drug-likeness (QED) is 0.820. The number of nitrogens with one attached hydrogen (secondary N) is 1. The summed E-state index contributed by atoms with van der Waals surface area (Å²) < 4.78 is 13.1. The van der Waals surface area contributed by atoms with Crippen LogP contribution in [-0.4, -0.2) is 38.1 Å². The second-order valence-electron chi connectivity index (χ2n) is 5.91. The predicted octanol–water partition coefficient (Wildman–Crippen LogP) is 2.22. The second kappa shape index (κ2) is 4.63. The number of hydrogen-bond donors (Lipinski definition) is 1. The van der Waals surface area contributed by atoms with Crippen molar-refractivity contribution in [1.29, 1.82) is 0 Å². The second-order valence-corrected chi connectivity index (χ2v) is 5.91. The largest absolute Gasteiger partial charge is 0.317 e. The molecule has 2 aliphatic heterocycles. The first-order chi connectivity index (χ1) is 8.70. The maximum atomic E-state index is 13.1. The molecule has 0 radical (unpaired) electrons. The normalized spacial score (nSPS) is 27.8. The molecule has 1 atom stereocenters. The van der Waals surface area contributed by atoms with Gasteiger partial charge in [-0.3, -0.25) is 0 Å². The van der Waals surface area contributed by atoms with Gasteiger partial charge in [-0.05, 0) is 56.1 Å². The van der Waals surface area contributed by atoms with Gasteiger partial charge < -0.3 is 10.2 Å². The van der Waals surface area contributed by atoms with Crippen LogP contribution in [0, 0.1) is 11.2 Å². The standard InChI is InChI=1S/C15H21FN2/c1-18-10-14(12-2-4-13(16)5-3-12)15(11-18)6-8-17-9-7-15/h2-5,14,17H,6-11H2,1H3. The average molecular weight is 248 g/mol. The van der Waals surface area contributed by atoms with Crippen LogP contribution < -0.4 is 5.32 Å². The number of hydrogen-bond acceptors (Lipinski definition) is 2. The van der Waals surface area contributed by atoms with E-state index in [1.165, 1.54) is 24.9 Å². The molecule has 1 N–H and O–H groups in total. The molecule has 3 rings (SSSR count). The average Bonchev–Trinajstić information content (AvgIpc) is 2.68. The van der Waals surface area contributed by atoms with E-state index in [-0.39, 0.29) is 5.82 Å². The van der Waals surface area contributed by atoms with Gasteiger partial charge in [0, 0.05) is 19.0 Å². The minimum absolute atomic E-state index is 0.135. The summed E-state index contributed by atoms with van der Waals surface area (Å²) in [5, 5.41) is 3.45. The first kappa shape index (κ1) is 12.1. The van der Waals surface area contributed by atoms with Crippen LogP contribution in [0.1, 0.15) is 24.3 Å². The number of benzene rings is 1. The van der Waals surface area contributed by atoms with Crippen LogP contribution in [-0.2, 0) is 0 Å². The predicted molar refractivity (Wildman–Crippen MR) is 71.2 cm³/mol. The summed E-state index contributed by atoms with van der Waals surface area (Å²) in [7, 11) is 2.20. The van der Waals surface area contributed by atoms with E-state index in [2.05, 4.69) is 17.3 Å². The Morgan fingerprint density at radius 1 is 1.22 bits per heavy atom. The van der Waals surface area contributed by atoms with Crippen molar-refractivity contribution in [2.45, 2.75) is 18.8 Å². The highest BCUT2D eigenvalue weighted by molar-refractivity contribution is 5.26. The fourth-order valence-corrected chi connectivity index (χ4v) is 3.80.